The minimum absolute atomic E-state index is 0. The molecule has 0 saturated carbocycles. The molecule has 2 aromatic carbocycles. The van der Waals surface area contributed by atoms with Gasteiger partial charge >= 0.3 is 0 Å². The van der Waals surface area contributed by atoms with Crippen LogP contribution in [0.25, 0.3) is 0 Å². The van der Waals surface area contributed by atoms with Gasteiger partial charge in [0.2, 0.25) is 0 Å². The molecule has 2 N–H and O–H groups in total. The highest BCUT2D eigenvalue weighted by Crippen LogP contribution is 2.36. The van der Waals surface area contributed by atoms with Gasteiger partial charge in [0.1, 0.15) is 0 Å². The van der Waals surface area contributed by atoms with Crippen LogP contribution in [0.2, 0.25) is 0 Å². The molecule has 0 aromatic heterocycles. The highest BCUT2D eigenvalue weighted by atomic mass is 79.9. The first kappa shape index (κ1) is 17.3. The van der Waals surface area contributed by atoms with Gasteiger partial charge in [-0.2, -0.15) is 0 Å². The third-order valence-electron chi connectivity index (χ3n) is 3.36. The third-order valence-corrected chi connectivity index (χ3v) is 3.86. The quantitative estimate of drug-likeness (QED) is 0.847. The van der Waals surface area contributed by atoms with Crippen molar-refractivity contribution < 1.29 is 0 Å². The molecule has 1 heterocycles. The van der Waals surface area contributed by atoms with Gasteiger partial charge in [-0.3, -0.25) is 0 Å². The topological polar surface area (TPSA) is 29.3 Å². The van der Waals surface area contributed by atoms with Crippen LogP contribution in [0.3, 0.4) is 0 Å². The summed E-state index contributed by atoms with van der Waals surface area (Å²) in [7, 11) is 0. The van der Waals surface area contributed by atoms with Gasteiger partial charge in [0.15, 0.2) is 0 Å². The zero-order chi connectivity index (χ0) is 12.5. The Labute approximate surface area is 140 Å². The molecule has 1 atom stereocenters. The van der Waals surface area contributed by atoms with Crippen LogP contribution in [-0.4, -0.2) is 6.54 Å². The fraction of sp³-hybridized carbons (Fsp3) is 0.200. The van der Waals surface area contributed by atoms with Crippen LogP contribution in [0.15, 0.2) is 53.0 Å². The van der Waals surface area contributed by atoms with Crippen LogP contribution >= 0.6 is 40.7 Å². The molecule has 0 amide bonds. The second-order valence-electron chi connectivity index (χ2n) is 4.68. The van der Waals surface area contributed by atoms with Crippen molar-refractivity contribution in [1.82, 2.24) is 0 Å². The average Bonchev–Trinajstić information content (AvgIpc) is 2.67. The number of nitrogens with zero attached hydrogens (tertiary/aromatic N) is 1. The maximum Gasteiger partial charge on any atom is 0.0494 e. The highest BCUT2D eigenvalue weighted by Gasteiger charge is 2.25. The Morgan fingerprint density at radius 2 is 1.80 bits per heavy atom. The van der Waals surface area contributed by atoms with Crippen molar-refractivity contribution in [2.45, 2.75) is 12.6 Å². The smallest absolute Gasteiger partial charge is 0.0494 e. The Kier molecular flexibility index (Phi) is 6.34. The van der Waals surface area contributed by atoms with Crippen molar-refractivity contribution in [2.24, 2.45) is 5.73 Å². The van der Waals surface area contributed by atoms with E-state index < -0.39 is 0 Å². The highest BCUT2D eigenvalue weighted by molar-refractivity contribution is 9.10. The fourth-order valence-corrected chi connectivity index (χ4v) is 2.88. The molecule has 0 spiro atoms. The van der Waals surface area contributed by atoms with Gasteiger partial charge in [-0.05, 0) is 29.3 Å². The predicted molar refractivity (Wildman–Crippen MR) is 93.1 cm³/mol. The molecular weight excluding hydrogens is 359 g/mol. The van der Waals surface area contributed by atoms with E-state index in [0.717, 1.165) is 17.6 Å². The fourth-order valence-electron chi connectivity index (χ4n) is 2.50. The Balaban J connectivity index is 0.000001000. The largest absolute Gasteiger partial charge is 0.365 e. The van der Waals surface area contributed by atoms with Crippen LogP contribution in [0.4, 0.5) is 5.69 Å². The van der Waals surface area contributed by atoms with Gasteiger partial charge in [-0.1, -0.05) is 46.3 Å². The molecule has 1 aliphatic heterocycles. The zero-order valence-corrected chi connectivity index (χ0v) is 14.0. The van der Waals surface area contributed by atoms with Crippen LogP contribution < -0.4 is 10.6 Å². The van der Waals surface area contributed by atoms with E-state index in [2.05, 4.69) is 63.3 Å². The summed E-state index contributed by atoms with van der Waals surface area (Å²) >= 11 is 3.51. The Morgan fingerprint density at radius 1 is 1.10 bits per heavy atom. The number of benzene rings is 2. The summed E-state index contributed by atoms with van der Waals surface area (Å²) in [5.74, 6) is 0. The van der Waals surface area contributed by atoms with E-state index >= 15 is 0 Å². The molecule has 0 saturated heterocycles. The molecule has 3 rings (SSSR count). The molecule has 20 heavy (non-hydrogen) atoms. The maximum atomic E-state index is 6.20. The molecule has 0 bridgehead atoms. The van der Waals surface area contributed by atoms with Crippen molar-refractivity contribution in [1.29, 1.82) is 0 Å². The summed E-state index contributed by atoms with van der Waals surface area (Å²) in [6.07, 6.45) is 0. The van der Waals surface area contributed by atoms with E-state index in [1.54, 1.807) is 0 Å². The first-order valence-corrected chi connectivity index (χ1v) is 6.87. The van der Waals surface area contributed by atoms with Crippen LogP contribution in [0.5, 0.6) is 0 Å². The number of hydrogen-bond acceptors (Lipinski definition) is 2. The molecule has 108 valence electrons. The van der Waals surface area contributed by atoms with Gasteiger partial charge in [0, 0.05) is 29.3 Å². The summed E-state index contributed by atoms with van der Waals surface area (Å²) in [5.41, 5.74) is 10.0. The molecule has 2 nitrogen and oxygen atoms in total. The second-order valence-corrected chi connectivity index (χ2v) is 5.59. The minimum atomic E-state index is 0. The molecule has 0 fully saturated rings. The summed E-state index contributed by atoms with van der Waals surface area (Å²) in [6, 6.07) is 17.0. The summed E-state index contributed by atoms with van der Waals surface area (Å²) in [6.45, 7) is 1.81. The SMILES string of the molecule is Cl.Cl.NC1CN(Cc2ccccc2)c2ccc(Br)cc21. The number of anilines is 1. The van der Waals surface area contributed by atoms with E-state index in [1.165, 1.54) is 16.8 Å². The average molecular weight is 376 g/mol. The van der Waals surface area contributed by atoms with Crippen molar-refractivity contribution in [3.05, 3.63) is 64.1 Å². The van der Waals surface area contributed by atoms with E-state index in [4.69, 9.17) is 5.73 Å². The van der Waals surface area contributed by atoms with Crippen LogP contribution in [-0.2, 0) is 6.54 Å². The normalized spacial score (nSPS) is 16.1. The number of nitrogens with two attached hydrogens (primary N) is 1. The summed E-state index contributed by atoms with van der Waals surface area (Å²) in [4.78, 5) is 2.35. The van der Waals surface area contributed by atoms with Gasteiger partial charge in [-0.15, -0.1) is 24.8 Å². The Morgan fingerprint density at radius 3 is 2.50 bits per heavy atom. The standard InChI is InChI=1S/C15H15BrN2.2ClH/c16-12-6-7-15-13(8-12)14(17)10-18(15)9-11-4-2-1-3-5-11;;/h1-8,14H,9-10,17H2;2*1H. The first-order valence-electron chi connectivity index (χ1n) is 6.08. The summed E-state index contributed by atoms with van der Waals surface area (Å²) in [5, 5.41) is 0. The van der Waals surface area contributed by atoms with E-state index in [-0.39, 0.29) is 30.9 Å². The lowest BCUT2D eigenvalue weighted by atomic mass is 10.1. The zero-order valence-electron chi connectivity index (χ0n) is 10.8. The van der Waals surface area contributed by atoms with E-state index in [9.17, 15) is 0 Å². The predicted octanol–water partition coefficient (Wildman–Crippen LogP) is 4.31. The number of fused-ring (bicyclic) bond motifs is 1. The van der Waals surface area contributed by atoms with Gasteiger partial charge in [0.05, 0.1) is 0 Å². The van der Waals surface area contributed by atoms with Gasteiger partial charge in [0.25, 0.3) is 0 Å². The van der Waals surface area contributed by atoms with Crippen molar-refractivity contribution >= 4 is 46.4 Å². The Bertz CT molecular complexity index is 563. The lowest BCUT2D eigenvalue weighted by molar-refractivity contribution is 0.720. The molecule has 1 aliphatic rings. The summed E-state index contributed by atoms with van der Waals surface area (Å²) < 4.78 is 1.10. The van der Waals surface area contributed by atoms with E-state index in [1.807, 2.05) is 6.07 Å². The molecule has 5 heteroatoms. The number of rotatable bonds is 2. The first-order chi connectivity index (χ1) is 8.74. The third kappa shape index (κ3) is 3.47. The lowest BCUT2D eigenvalue weighted by Gasteiger charge is -2.19. The van der Waals surface area contributed by atoms with Crippen molar-refractivity contribution in [3.8, 4) is 0 Å². The van der Waals surface area contributed by atoms with Gasteiger partial charge in [-0.25, -0.2) is 0 Å². The molecule has 2 aromatic rings. The molecule has 1 unspecified atom stereocenters. The van der Waals surface area contributed by atoms with Crippen LogP contribution in [0, 0.1) is 0 Å². The maximum absolute atomic E-state index is 6.20. The number of hydrogen-bond donors (Lipinski definition) is 1. The Hall–Kier alpha value is -0.740. The monoisotopic (exact) mass is 374 g/mol. The number of halogens is 3. The van der Waals surface area contributed by atoms with Crippen molar-refractivity contribution in [3.63, 3.8) is 0 Å². The van der Waals surface area contributed by atoms with Crippen molar-refractivity contribution in [2.75, 3.05) is 11.4 Å². The van der Waals surface area contributed by atoms with E-state index in [0.29, 0.717) is 0 Å². The van der Waals surface area contributed by atoms with Crippen LogP contribution in [0.1, 0.15) is 17.2 Å². The second kappa shape index (κ2) is 7.32. The van der Waals surface area contributed by atoms with Gasteiger partial charge < -0.3 is 10.6 Å². The molecule has 0 radical (unpaired) electrons. The minimum Gasteiger partial charge on any atom is -0.365 e. The molecule has 0 aliphatic carbocycles. The molecular formula is C15H17BrCl2N2. The lowest BCUT2D eigenvalue weighted by Crippen LogP contribution is -2.23.